The molecule has 4 nitrogen and oxygen atoms in total. The van der Waals surface area contributed by atoms with Crippen LogP contribution in [0.3, 0.4) is 0 Å². The molecule has 0 aromatic carbocycles. The minimum Gasteiger partial charge on any atom is -1.00 e. The fourth-order valence-electron chi connectivity index (χ4n) is 3.22. The van der Waals surface area contributed by atoms with E-state index in [1.54, 1.807) is 0 Å². The Morgan fingerprint density at radius 2 is 0.920 bits per heavy atom. The van der Waals surface area contributed by atoms with Gasteiger partial charge in [0, 0.05) is 13.0 Å². The van der Waals surface area contributed by atoms with Gasteiger partial charge in [-0.05, 0) is 41.0 Å². The Bertz CT molecular complexity index is 241. The van der Waals surface area contributed by atoms with Gasteiger partial charge in [-0.2, -0.15) is 0 Å². The highest BCUT2D eigenvalue weighted by Gasteiger charge is 2.21. The summed E-state index contributed by atoms with van der Waals surface area (Å²) < 4.78 is 2.24. The van der Waals surface area contributed by atoms with Crippen LogP contribution >= 0.6 is 0 Å². The van der Waals surface area contributed by atoms with Crippen LogP contribution in [0.4, 0.5) is 0 Å². The second-order valence-corrected chi connectivity index (χ2v) is 6.59. The predicted molar refractivity (Wildman–Crippen MR) is 102 cm³/mol. The first-order chi connectivity index (χ1) is 11.0. The lowest BCUT2D eigenvalue weighted by atomic mass is 10.2. The van der Waals surface area contributed by atoms with Gasteiger partial charge in [-0.3, -0.25) is 0 Å². The van der Waals surface area contributed by atoms with E-state index in [1.807, 2.05) is 0 Å². The Morgan fingerprint density at radius 1 is 0.520 bits per heavy atom. The molecule has 158 valence electrons. The molecule has 0 fully saturated rings. The molecular formula is C19H46Br2N2O2. The van der Waals surface area contributed by atoms with Crippen molar-refractivity contribution in [2.24, 2.45) is 0 Å². The summed E-state index contributed by atoms with van der Waals surface area (Å²) in [6.07, 6.45) is 3.47. The van der Waals surface area contributed by atoms with Gasteiger partial charge >= 0.3 is 0 Å². The molecule has 0 saturated carbocycles. The molecule has 2 N–H and O–H groups in total. The topological polar surface area (TPSA) is 40.5 Å². The number of aliphatic hydroxyl groups is 2. The van der Waals surface area contributed by atoms with Crippen LogP contribution in [0.5, 0.6) is 0 Å². The first kappa shape index (κ1) is 33.4. The van der Waals surface area contributed by atoms with E-state index in [4.69, 9.17) is 10.2 Å². The molecule has 0 atom stereocenters. The maximum atomic E-state index is 8.95. The molecule has 0 unspecified atom stereocenters. The number of likely N-dealkylation sites (N-methyl/N-ethyl adjacent to an activating group) is 1. The van der Waals surface area contributed by atoms with Crippen molar-refractivity contribution in [2.45, 2.75) is 60.8 Å². The number of quaternary nitrogens is 2. The fourth-order valence-corrected chi connectivity index (χ4v) is 3.22. The number of unbranched alkanes of at least 4 members (excludes halogenated alkanes) is 1. The van der Waals surface area contributed by atoms with Gasteiger partial charge in [-0.15, -0.1) is 0 Å². The van der Waals surface area contributed by atoms with E-state index in [-0.39, 0.29) is 34.0 Å². The molecule has 25 heavy (non-hydrogen) atoms. The summed E-state index contributed by atoms with van der Waals surface area (Å²) in [5.41, 5.74) is 0. The second kappa shape index (κ2) is 21.1. The van der Waals surface area contributed by atoms with Crippen molar-refractivity contribution < 1.29 is 53.1 Å². The minimum atomic E-state index is 0. The van der Waals surface area contributed by atoms with Gasteiger partial charge in [0.2, 0.25) is 0 Å². The fraction of sp³-hybridized carbons (Fsp3) is 1.00. The largest absolute Gasteiger partial charge is 1.00 e. The van der Waals surface area contributed by atoms with Gasteiger partial charge in [0.15, 0.2) is 0 Å². The lowest BCUT2D eigenvalue weighted by molar-refractivity contribution is -0.925. The standard InChI is InChI=1S/C10H24NO.C9H22NO.2BrH/c1-4-7-8-11(5-2,6-3)9-10-12;1-4-10(5-2,6-3)8-7-9-11;;/h12H,4-10H2,1-3H3;11H,4-9H2,1-3H3;2*1H/q2*+1;;/p-2. The summed E-state index contributed by atoms with van der Waals surface area (Å²) in [6.45, 7) is 23.1. The number of aliphatic hydroxyl groups excluding tert-OH is 2. The van der Waals surface area contributed by atoms with Crippen molar-refractivity contribution >= 4 is 0 Å². The first-order valence-corrected chi connectivity index (χ1v) is 9.90. The smallest absolute Gasteiger partial charge is 0.102 e. The molecule has 0 bridgehead atoms. The zero-order chi connectivity index (χ0) is 18.2. The van der Waals surface area contributed by atoms with E-state index in [0.717, 1.165) is 41.6 Å². The molecule has 0 amide bonds. The van der Waals surface area contributed by atoms with Crippen molar-refractivity contribution in [3.05, 3.63) is 0 Å². The summed E-state index contributed by atoms with van der Waals surface area (Å²) in [6, 6.07) is 0. The lowest BCUT2D eigenvalue weighted by Crippen LogP contribution is -3.00. The Morgan fingerprint density at radius 3 is 1.20 bits per heavy atom. The summed E-state index contributed by atoms with van der Waals surface area (Å²) in [5.74, 6) is 0. The summed E-state index contributed by atoms with van der Waals surface area (Å²) >= 11 is 0. The van der Waals surface area contributed by atoms with Crippen molar-refractivity contribution in [1.29, 1.82) is 0 Å². The number of hydrogen-bond acceptors (Lipinski definition) is 2. The molecule has 0 spiro atoms. The van der Waals surface area contributed by atoms with Crippen molar-refractivity contribution in [1.82, 2.24) is 0 Å². The van der Waals surface area contributed by atoms with Crippen LogP contribution in [0.15, 0.2) is 0 Å². The zero-order valence-electron chi connectivity index (χ0n) is 17.7. The van der Waals surface area contributed by atoms with Gasteiger partial charge in [0.1, 0.15) is 6.54 Å². The van der Waals surface area contributed by atoms with Crippen LogP contribution in [0.25, 0.3) is 0 Å². The summed E-state index contributed by atoms with van der Waals surface area (Å²) in [7, 11) is 0. The van der Waals surface area contributed by atoms with Gasteiger partial charge in [-0.1, -0.05) is 13.3 Å². The third kappa shape index (κ3) is 14.5. The van der Waals surface area contributed by atoms with Crippen LogP contribution in [0.1, 0.15) is 60.8 Å². The maximum Gasteiger partial charge on any atom is 0.102 e. The van der Waals surface area contributed by atoms with Crippen LogP contribution in [0.2, 0.25) is 0 Å². The SMILES string of the molecule is CCCC[N+](CC)(CC)CCO.CC[N+](CC)(CC)CCCO.[Br-].[Br-]. The molecule has 0 aliphatic heterocycles. The molecule has 0 aliphatic rings. The molecule has 0 saturated heterocycles. The van der Waals surface area contributed by atoms with E-state index in [0.29, 0.717) is 13.2 Å². The van der Waals surface area contributed by atoms with Crippen LogP contribution in [-0.2, 0) is 0 Å². The van der Waals surface area contributed by atoms with Gasteiger partial charge in [0.05, 0.1) is 52.4 Å². The number of nitrogens with zero attached hydrogens (tertiary/aromatic N) is 2. The Balaban J connectivity index is -0.000000164. The van der Waals surface area contributed by atoms with Crippen LogP contribution in [0, 0.1) is 0 Å². The predicted octanol–water partition coefficient (Wildman–Crippen LogP) is -3.11. The van der Waals surface area contributed by atoms with Crippen molar-refractivity contribution in [3.8, 4) is 0 Å². The first-order valence-electron chi connectivity index (χ1n) is 9.90. The van der Waals surface area contributed by atoms with Crippen molar-refractivity contribution in [2.75, 3.05) is 65.6 Å². The van der Waals surface area contributed by atoms with E-state index in [2.05, 4.69) is 41.5 Å². The van der Waals surface area contributed by atoms with E-state index in [1.165, 1.54) is 39.0 Å². The molecule has 0 aromatic heterocycles. The Labute approximate surface area is 179 Å². The quantitative estimate of drug-likeness (QED) is 0.267. The molecule has 0 aliphatic carbocycles. The zero-order valence-corrected chi connectivity index (χ0v) is 20.9. The molecular weight excluding hydrogens is 448 g/mol. The van der Waals surface area contributed by atoms with Crippen LogP contribution < -0.4 is 34.0 Å². The monoisotopic (exact) mass is 492 g/mol. The minimum absolute atomic E-state index is 0. The normalized spacial score (nSPS) is 11.0. The van der Waals surface area contributed by atoms with Gasteiger partial charge in [-0.25, -0.2) is 0 Å². The van der Waals surface area contributed by atoms with E-state index in [9.17, 15) is 0 Å². The molecule has 6 heteroatoms. The van der Waals surface area contributed by atoms with E-state index < -0.39 is 0 Å². The number of rotatable bonds is 13. The highest BCUT2D eigenvalue weighted by Crippen LogP contribution is 2.08. The molecule has 0 rings (SSSR count). The number of halogens is 2. The van der Waals surface area contributed by atoms with E-state index >= 15 is 0 Å². The molecule has 0 aromatic rings. The Hall–Kier alpha value is 0.800. The Kier molecular flexibility index (Phi) is 28.2. The maximum absolute atomic E-state index is 8.95. The van der Waals surface area contributed by atoms with Gasteiger partial charge in [0.25, 0.3) is 0 Å². The van der Waals surface area contributed by atoms with Crippen molar-refractivity contribution in [3.63, 3.8) is 0 Å². The summed E-state index contributed by atoms with van der Waals surface area (Å²) in [4.78, 5) is 0. The summed E-state index contributed by atoms with van der Waals surface area (Å²) in [5, 5.41) is 17.7. The molecule has 0 radical (unpaired) electrons. The highest BCUT2D eigenvalue weighted by molar-refractivity contribution is 4.41. The number of hydrogen-bond donors (Lipinski definition) is 2. The van der Waals surface area contributed by atoms with Crippen LogP contribution in [-0.4, -0.2) is 84.8 Å². The van der Waals surface area contributed by atoms with Gasteiger partial charge < -0.3 is 53.1 Å². The highest BCUT2D eigenvalue weighted by atomic mass is 79.9. The third-order valence-electron chi connectivity index (χ3n) is 5.71. The average molecular weight is 494 g/mol. The molecule has 0 heterocycles. The second-order valence-electron chi connectivity index (χ2n) is 6.59. The average Bonchev–Trinajstić information content (AvgIpc) is 2.61. The lowest BCUT2D eigenvalue weighted by Gasteiger charge is -2.36. The third-order valence-corrected chi connectivity index (χ3v) is 5.71.